The van der Waals surface area contributed by atoms with Crippen molar-refractivity contribution in [2.24, 2.45) is 0 Å². The van der Waals surface area contributed by atoms with E-state index < -0.39 is 5.97 Å². The Balaban J connectivity index is 2.54. The molecule has 2 aromatic rings. The van der Waals surface area contributed by atoms with Crippen LogP contribution in [0.2, 0.25) is 15.2 Å². The summed E-state index contributed by atoms with van der Waals surface area (Å²) < 4.78 is 4.91. The lowest BCUT2D eigenvalue weighted by molar-refractivity contribution is 0.0527. The Morgan fingerprint density at radius 2 is 2.11 bits per heavy atom. The summed E-state index contributed by atoms with van der Waals surface area (Å²) in [5, 5.41) is 7.15. The molecule has 0 aliphatic carbocycles. The molecule has 2 aromatic heterocycles. The van der Waals surface area contributed by atoms with Crippen LogP contribution in [0.15, 0.2) is 12.3 Å². The molecule has 0 fully saturated rings. The number of nitrogens with zero attached hydrogens (tertiary/aromatic N) is 2. The first kappa shape index (κ1) is 14.1. The van der Waals surface area contributed by atoms with Crippen molar-refractivity contribution in [3.05, 3.63) is 33.0 Å². The molecule has 2 heterocycles. The van der Waals surface area contributed by atoms with Crippen LogP contribution in [0, 0.1) is 0 Å². The van der Waals surface area contributed by atoms with E-state index in [-0.39, 0.29) is 28.0 Å². The second-order valence-electron chi connectivity index (χ2n) is 3.47. The summed E-state index contributed by atoms with van der Waals surface area (Å²) in [6.07, 6.45) is 1.40. The second-order valence-corrected chi connectivity index (χ2v) is 4.69. The molecule has 0 amide bonds. The van der Waals surface area contributed by atoms with E-state index in [1.54, 1.807) is 6.92 Å². The molecule has 100 valence electrons. The Morgan fingerprint density at radius 3 is 2.74 bits per heavy atom. The minimum Gasteiger partial charge on any atom is -0.462 e. The van der Waals surface area contributed by atoms with E-state index in [2.05, 4.69) is 15.2 Å². The fourth-order valence-electron chi connectivity index (χ4n) is 1.47. The zero-order chi connectivity index (χ0) is 14.0. The summed E-state index contributed by atoms with van der Waals surface area (Å²) in [5.41, 5.74) is 0.627. The Labute approximate surface area is 123 Å². The monoisotopic (exact) mass is 319 g/mol. The molecule has 0 saturated heterocycles. The first-order valence-corrected chi connectivity index (χ1v) is 6.40. The van der Waals surface area contributed by atoms with Gasteiger partial charge >= 0.3 is 5.97 Å². The molecule has 19 heavy (non-hydrogen) atoms. The van der Waals surface area contributed by atoms with E-state index in [0.717, 1.165) is 0 Å². The minimum absolute atomic E-state index is 0.0706. The Morgan fingerprint density at radius 1 is 1.37 bits per heavy atom. The molecule has 0 spiro atoms. The first-order valence-electron chi connectivity index (χ1n) is 5.27. The lowest BCUT2D eigenvalue weighted by Gasteiger charge is -2.04. The van der Waals surface area contributed by atoms with E-state index >= 15 is 0 Å². The third-order valence-electron chi connectivity index (χ3n) is 2.23. The third-order valence-corrected chi connectivity index (χ3v) is 3.00. The van der Waals surface area contributed by atoms with Crippen LogP contribution in [0.5, 0.6) is 0 Å². The topological polar surface area (TPSA) is 67.9 Å². The molecule has 0 bridgehead atoms. The average molecular weight is 321 g/mol. The predicted octanol–water partition coefficient (Wildman–Crippen LogP) is 3.61. The molecule has 0 aliphatic rings. The molecule has 1 N–H and O–H groups in total. The molecule has 5 nitrogen and oxygen atoms in total. The van der Waals surface area contributed by atoms with Gasteiger partial charge in [0.1, 0.15) is 22.1 Å². The maximum atomic E-state index is 11.8. The van der Waals surface area contributed by atoms with Gasteiger partial charge in [-0.15, -0.1) is 0 Å². The molecular formula is C11H8Cl3N3O2. The summed E-state index contributed by atoms with van der Waals surface area (Å²) in [6, 6.07) is 1.50. The lowest BCUT2D eigenvalue weighted by atomic mass is 10.2. The summed E-state index contributed by atoms with van der Waals surface area (Å²) in [4.78, 5) is 15.9. The summed E-state index contributed by atoms with van der Waals surface area (Å²) >= 11 is 17.7. The Hall–Kier alpha value is -1.30. The fourth-order valence-corrected chi connectivity index (χ4v) is 2.15. The van der Waals surface area contributed by atoms with E-state index in [0.29, 0.717) is 10.7 Å². The number of rotatable bonds is 3. The zero-order valence-corrected chi connectivity index (χ0v) is 12.0. The molecule has 8 heteroatoms. The maximum Gasteiger partial charge on any atom is 0.343 e. The maximum absolute atomic E-state index is 11.8. The molecular weight excluding hydrogens is 312 g/mol. The summed E-state index contributed by atoms with van der Waals surface area (Å²) in [7, 11) is 0. The van der Waals surface area contributed by atoms with Crippen LogP contribution in [-0.2, 0) is 4.74 Å². The highest BCUT2D eigenvalue weighted by Crippen LogP contribution is 2.32. The molecule has 2 rings (SSSR count). The van der Waals surface area contributed by atoms with Gasteiger partial charge in [-0.2, -0.15) is 5.10 Å². The number of H-pyrrole nitrogens is 1. The van der Waals surface area contributed by atoms with Gasteiger partial charge < -0.3 is 4.74 Å². The fraction of sp³-hybridized carbons (Fsp3) is 0.182. The van der Waals surface area contributed by atoms with E-state index in [9.17, 15) is 4.79 Å². The van der Waals surface area contributed by atoms with Crippen LogP contribution in [0.25, 0.3) is 11.4 Å². The van der Waals surface area contributed by atoms with Crippen molar-refractivity contribution in [3.8, 4) is 11.4 Å². The number of hydrogen-bond donors (Lipinski definition) is 1. The van der Waals surface area contributed by atoms with Crippen LogP contribution in [-0.4, -0.2) is 27.8 Å². The van der Waals surface area contributed by atoms with Gasteiger partial charge in [0, 0.05) is 6.20 Å². The van der Waals surface area contributed by atoms with Gasteiger partial charge in [0.2, 0.25) is 0 Å². The van der Waals surface area contributed by atoms with Gasteiger partial charge in [-0.3, -0.25) is 10.1 Å². The highest BCUT2D eigenvalue weighted by Gasteiger charge is 2.24. The van der Waals surface area contributed by atoms with Crippen molar-refractivity contribution in [1.82, 2.24) is 15.2 Å². The normalized spacial score (nSPS) is 10.5. The van der Waals surface area contributed by atoms with Crippen molar-refractivity contribution >= 4 is 40.8 Å². The van der Waals surface area contributed by atoms with Crippen LogP contribution < -0.4 is 0 Å². The molecule has 0 unspecified atom stereocenters. The van der Waals surface area contributed by atoms with Crippen LogP contribution in [0.3, 0.4) is 0 Å². The van der Waals surface area contributed by atoms with Gasteiger partial charge in [-0.25, -0.2) is 4.79 Å². The van der Waals surface area contributed by atoms with Crippen molar-refractivity contribution in [2.45, 2.75) is 6.92 Å². The number of aromatic nitrogens is 3. The molecule has 0 radical (unpaired) electrons. The highest BCUT2D eigenvalue weighted by atomic mass is 35.5. The number of esters is 1. The molecule has 0 aliphatic heterocycles. The predicted molar refractivity (Wildman–Crippen MR) is 72.8 cm³/mol. The minimum atomic E-state index is -0.593. The van der Waals surface area contributed by atoms with Crippen molar-refractivity contribution in [2.75, 3.05) is 6.61 Å². The van der Waals surface area contributed by atoms with Gasteiger partial charge in [0.05, 0.1) is 16.7 Å². The first-order chi connectivity index (χ1) is 9.04. The van der Waals surface area contributed by atoms with Crippen LogP contribution in [0.1, 0.15) is 17.3 Å². The average Bonchev–Trinajstić information content (AvgIpc) is 2.71. The van der Waals surface area contributed by atoms with Crippen molar-refractivity contribution in [1.29, 1.82) is 0 Å². The van der Waals surface area contributed by atoms with Crippen LogP contribution >= 0.6 is 34.8 Å². The van der Waals surface area contributed by atoms with Crippen molar-refractivity contribution in [3.63, 3.8) is 0 Å². The number of hydrogen-bond acceptors (Lipinski definition) is 4. The van der Waals surface area contributed by atoms with E-state index in [1.807, 2.05) is 0 Å². The Kier molecular flexibility index (Phi) is 4.29. The number of pyridine rings is 1. The van der Waals surface area contributed by atoms with Gasteiger partial charge in [0.15, 0.2) is 0 Å². The number of aromatic amines is 1. The number of ether oxygens (including phenoxy) is 1. The van der Waals surface area contributed by atoms with Gasteiger partial charge in [-0.05, 0) is 13.0 Å². The molecule has 0 atom stereocenters. The standard InChI is InChI=1S/C11H8Cl3N3O2/c1-2-19-11(18)7-9(16-17-10(7)14)8-6(13)3-5(12)4-15-8/h3-4H,2H2,1H3,(H,16,17). The second kappa shape index (κ2) is 5.77. The van der Waals surface area contributed by atoms with E-state index in [4.69, 9.17) is 39.5 Å². The van der Waals surface area contributed by atoms with E-state index in [1.165, 1.54) is 12.3 Å². The number of carbonyl (C=O) groups is 1. The number of halogens is 3. The third kappa shape index (κ3) is 2.83. The Bertz CT molecular complexity index is 628. The SMILES string of the molecule is CCOC(=O)c1c(-c2ncc(Cl)cc2Cl)n[nH]c1Cl. The van der Waals surface area contributed by atoms with Gasteiger partial charge in [0.25, 0.3) is 0 Å². The molecule has 0 aromatic carbocycles. The largest absolute Gasteiger partial charge is 0.462 e. The van der Waals surface area contributed by atoms with Crippen LogP contribution in [0.4, 0.5) is 0 Å². The summed E-state index contributed by atoms with van der Waals surface area (Å²) in [6.45, 7) is 1.92. The van der Waals surface area contributed by atoms with Gasteiger partial charge in [-0.1, -0.05) is 34.8 Å². The smallest absolute Gasteiger partial charge is 0.343 e. The number of carbonyl (C=O) groups excluding carboxylic acids is 1. The quantitative estimate of drug-likeness (QED) is 0.877. The summed E-state index contributed by atoms with van der Waals surface area (Å²) in [5.74, 6) is -0.593. The number of nitrogens with one attached hydrogen (secondary N) is 1. The lowest BCUT2D eigenvalue weighted by Crippen LogP contribution is -2.06. The van der Waals surface area contributed by atoms with Crippen molar-refractivity contribution < 1.29 is 9.53 Å². The molecule has 0 saturated carbocycles. The zero-order valence-electron chi connectivity index (χ0n) is 9.71. The highest BCUT2D eigenvalue weighted by molar-refractivity contribution is 6.36.